The quantitative estimate of drug-likeness (QED) is 0.128. The molecule has 5 nitrogen and oxygen atoms in total. The minimum atomic E-state index is 0.363. The topological polar surface area (TPSA) is 68.8 Å². The predicted octanol–water partition coefficient (Wildman–Crippen LogP) is 17.1. The summed E-state index contributed by atoms with van der Waals surface area (Å²) >= 11 is 3.70. The molecule has 0 amide bonds. The highest BCUT2D eigenvalue weighted by Gasteiger charge is 2.20. The van der Waals surface area contributed by atoms with Crippen LogP contribution in [0.25, 0.3) is 112 Å². The lowest BCUT2D eigenvalue weighted by molar-refractivity contribution is 0.669. The van der Waals surface area contributed by atoms with E-state index in [1.54, 1.807) is 0 Å². The van der Waals surface area contributed by atoms with Crippen LogP contribution in [0.4, 0.5) is 0 Å². The van der Waals surface area contributed by atoms with Crippen molar-refractivity contribution < 1.29 is 4.42 Å². The molecule has 0 radical (unpaired) electrons. The van der Waals surface area contributed by atoms with Gasteiger partial charge in [-0.25, -0.2) is 4.99 Å². The number of amidine groups is 2. The molecule has 10 aromatic carbocycles. The maximum Gasteiger partial charge on any atom is 0.157 e. The fraction of sp³-hybridized carbons (Fsp3) is 0.0159. The Labute approximate surface area is 410 Å². The van der Waals surface area contributed by atoms with Gasteiger partial charge in [0.05, 0.1) is 17.6 Å². The van der Waals surface area contributed by atoms with Crippen LogP contribution in [0.5, 0.6) is 0 Å². The Balaban J connectivity index is 0.925. The summed E-state index contributed by atoms with van der Waals surface area (Å²) < 4.78 is 14.1. The molecule has 2 N–H and O–H groups in total. The van der Waals surface area contributed by atoms with E-state index in [0.29, 0.717) is 18.2 Å². The van der Waals surface area contributed by atoms with Gasteiger partial charge < -0.3 is 14.7 Å². The van der Waals surface area contributed by atoms with Gasteiger partial charge in [-0.05, 0) is 113 Å². The Morgan fingerprint density at radius 1 is 0.457 bits per heavy atom. The van der Waals surface area contributed by atoms with Gasteiger partial charge in [0.15, 0.2) is 5.84 Å². The van der Waals surface area contributed by atoms with Crippen molar-refractivity contribution in [1.29, 1.82) is 0 Å². The third-order valence-electron chi connectivity index (χ3n) is 13.7. The molecule has 0 saturated carbocycles. The highest BCUT2D eigenvalue weighted by Crippen LogP contribution is 2.45. The third kappa shape index (κ3) is 6.66. The number of rotatable bonds is 7. The average Bonchev–Trinajstić information content (AvgIpc) is 4.18. The molecule has 7 heteroatoms. The second kappa shape index (κ2) is 16.3. The van der Waals surface area contributed by atoms with Gasteiger partial charge in [0.25, 0.3) is 0 Å². The molecule has 14 rings (SSSR count). The summed E-state index contributed by atoms with van der Waals surface area (Å²) in [4.78, 5) is 10.4. The highest BCUT2D eigenvalue weighted by molar-refractivity contribution is 7.26. The van der Waals surface area contributed by atoms with Crippen LogP contribution in [-0.2, 0) is 6.54 Å². The van der Waals surface area contributed by atoms with Gasteiger partial charge in [0.1, 0.15) is 17.0 Å². The van der Waals surface area contributed by atoms with Crippen LogP contribution in [0.3, 0.4) is 0 Å². The molecule has 0 unspecified atom stereocenters. The maximum absolute atomic E-state index is 7.25. The molecule has 0 saturated heterocycles. The molecule has 330 valence electrons. The first-order valence-corrected chi connectivity index (χ1v) is 25.1. The van der Waals surface area contributed by atoms with Gasteiger partial charge in [-0.2, -0.15) is 0 Å². The van der Waals surface area contributed by atoms with Gasteiger partial charge in [-0.3, -0.25) is 4.99 Å². The third-order valence-corrected chi connectivity index (χ3v) is 15.9. The number of aromatic nitrogens is 1. The van der Waals surface area contributed by atoms with Crippen LogP contribution in [0.15, 0.2) is 233 Å². The minimum Gasteiger partial charge on any atom is -0.456 e. The van der Waals surface area contributed by atoms with Crippen LogP contribution < -0.4 is 5.73 Å². The Morgan fingerprint density at radius 2 is 1.14 bits per heavy atom. The van der Waals surface area contributed by atoms with E-state index in [-0.39, 0.29) is 0 Å². The first kappa shape index (κ1) is 40.4. The lowest BCUT2D eigenvalue weighted by atomic mass is 9.93. The Kier molecular flexibility index (Phi) is 9.40. The molecule has 0 atom stereocenters. The molecule has 0 fully saturated rings. The zero-order chi connectivity index (χ0) is 46.3. The molecule has 0 spiro atoms. The second-order valence-electron chi connectivity index (χ2n) is 17.8. The van der Waals surface area contributed by atoms with Crippen molar-refractivity contribution in [1.82, 2.24) is 4.57 Å². The van der Waals surface area contributed by atoms with Gasteiger partial charge in [0.2, 0.25) is 0 Å². The summed E-state index contributed by atoms with van der Waals surface area (Å²) in [6, 6.07) is 77.6. The molecule has 4 aromatic heterocycles. The summed E-state index contributed by atoms with van der Waals surface area (Å²) in [6.07, 6.45) is 0. The van der Waals surface area contributed by atoms with E-state index in [1.807, 2.05) is 59.1 Å². The number of aliphatic imine (C=N–C) groups is 2. The number of fused-ring (bicyclic) bond motifs is 12. The van der Waals surface area contributed by atoms with Gasteiger partial charge in [-0.15, -0.1) is 22.7 Å². The van der Waals surface area contributed by atoms with Crippen molar-refractivity contribution in [3.05, 3.63) is 235 Å². The van der Waals surface area contributed by atoms with Gasteiger partial charge in [-0.1, -0.05) is 133 Å². The van der Waals surface area contributed by atoms with Crippen molar-refractivity contribution in [2.24, 2.45) is 15.7 Å². The zero-order valence-corrected chi connectivity index (χ0v) is 39.3. The summed E-state index contributed by atoms with van der Waals surface area (Å²) in [5.41, 5.74) is 19.6. The first-order valence-electron chi connectivity index (χ1n) is 23.4. The zero-order valence-electron chi connectivity index (χ0n) is 37.6. The van der Waals surface area contributed by atoms with Crippen LogP contribution in [0.1, 0.15) is 16.7 Å². The highest BCUT2D eigenvalue weighted by atomic mass is 32.1. The SMILES string of the molecule is NC(=NC(=NCc1ccccc1)c1ccc2c(c1)c1ccccc1n2-c1ccccc1)c1cccc2oc3ccc(-c4cc(-c5ccc6c(c5)sc5ccccc56)cc5sc6ccccc6c45)cc3c12. The van der Waals surface area contributed by atoms with Crippen LogP contribution in [0.2, 0.25) is 0 Å². The number of thiophene rings is 2. The summed E-state index contributed by atoms with van der Waals surface area (Å²) in [6.45, 7) is 0.446. The van der Waals surface area contributed by atoms with Gasteiger partial charge >= 0.3 is 0 Å². The smallest absolute Gasteiger partial charge is 0.157 e. The summed E-state index contributed by atoms with van der Waals surface area (Å²) in [7, 11) is 0. The van der Waals surface area contributed by atoms with Crippen molar-refractivity contribution in [2.75, 3.05) is 0 Å². The number of furan rings is 1. The van der Waals surface area contributed by atoms with Crippen LogP contribution in [0, 0.1) is 0 Å². The van der Waals surface area contributed by atoms with E-state index in [1.165, 1.54) is 57.0 Å². The Morgan fingerprint density at radius 3 is 2.00 bits per heavy atom. The van der Waals surface area contributed by atoms with Crippen molar-refractivity contribution >= 4 is 118 Å². The number of hydrogen-bond donors (Lipinski definition) is 1. The number of nitrogens with zero attached hydrogens (tertiary/aromatic N) is 3. The van der Waals surface area contributed by atoms with E-state index in [9.17, 15) is 0 Å². The molecule has 70 heavy (non-hydrogen) atoms. The van der Waals surface area contributed by atoms with E-state index in [4.69, 9.17) is 20.1 Å². The molecule has 0 aliphatic heterocycles. The molecule has 14 aromatic rings. The van der Waals surface area contributed by atoms with Crippen molar-refractivity contribution in [2.45, 2.75) is 6.54 Å². The molecular formula is C63H40N4OS2. The lowest BCUT2D eigenvalue weighted by Gasteiger charge is -2.11. The van der Waals surface area contributed by atoms with Crippen LogP contribution in [-0.4, -0.2) is 16.2 Å². The van der Waals surface area contributed by atoms with E-state index < -0.39 is 0 Å². The number of hydrogen-bond acceptors (Lipinski definition) is 4. The van der Waals surface area contributed by atoms with E-state index >= 15 is 0 Å². The average molecular weight is 933 g/mol. The molecule has 0 bridgehead atoms. The normalized spacial score (nSPS) is 12.6. The first-order chi connectivity index (χ1) is 34.6. The predicted molar refractivity (Wildman–Crippen MR) is 299 cm³/mol. The largest absolute Gasteiger partial charge is 0.456 e. The summed E-state index contributed by atoms with van der Waals surface area (Å²) in [5, 5.41) is 9.28. The van der Waals surface area contributed by atoms with Crippen molar-refractivity contribution in [3.63, 3.8) is 0 Å². The fourth-order valence-electron chi connectivity index (χ4n) is 10.4. The minimum absolute atomic E-state index is 0.363. The van der Waals surface area contributed by atoms with E-state index in [0.717, 1.165) is 71.7 Å². The molecule has 4 heterocycles. The standard InChI is InChI=1S/C63H40N4OS2/c64-62(66-63(65-37-38-14-3-1-4-15-38)41-27-30-53-50(33-41)44-18-7-10-22-52(44)67(53)43-16-5-2-6-17-43)48-21-13-23-55-60(48)51-32-40(28-31-54(51)68-55)49-34-42(36-59-61(49)47-20-9-12-25-57(47)70-59)39-26-29-46-45-19-8-11-24-56(45)69-58(46)35-39/h1-36H,37H2,(H2,64,65,66). The Hall–Kier alpha value is -8.62. The maximum atomic E-state index is 7.25. The van der Waals surface area contributed by atoms with Crippen molar-refractivity contribution in [3.8, 4) is 27.9 Å². The number of para-hydroxylation sites is 2. The Bertz CT molecular complexity index is 4460. The summed E-state index contributed by atoms with van der Waals surface area (Å²) in [5.74, 6) is 0.921. The fourth-order valence-corrected chi connectivity index (χ4v) is 12.8. The van der Waals surface area contributed by atoms with E-state index in [2.05, 4.69) is 187 Å². The van der Waals surface area contributed by atoms with Gasteiger partial charge in [0, 0.05) is 78.7 Å². The second-order valence-corrected chi connectivity index (χ2v) is 20.0. The molecule has 0 aliphatic rings. The number of benzene rings is 10. The molecule has 0 aliphatic carbocycles. The molecular weight excluding hydrogens is 893 g/mol. The monoisotopic (exact) mass is 932 g/mol. The number of nitrogens with two attached hydrogens (primary N) is 1. The lowest BCUT2D eigenvalue weighted by Crippen LogP contribution is -2.17. The van der Waals surface area contributed by atoms with Crippen LogP contribution >= 0.6 is 22.7 Å².